The molecular weight excluding hydrogens is 354 g/mol. The minimum atomic E-state index is -3.16. The van der Waals surface area contributed by atoms with Gasteiger partial charge >= 0.3 is 6.03 Å². The minimum Gasteiger partial charge on any atom is -0.496 e. The number of rotatable bonds is 3. The Kier molecular flexibility index (Phi) is 5.43. The van der Waals surface area contributed by atoms with Gasteiger partial charge in [-0.05, 0) is 44.2 Å². The smallest absolute Gasteiger partial charge is 0.321 e. The van der Waals surface area contributed by atoms with Gasteiger partial charge in [0.25, 0.3) is 0 Å². The van der Waals surface area contributed by atoms with Crippen molar-refractivity contribution in [2.24, 2.45) is 0 Å². The summed E-state index contributed by atoms with van der Waals surface area (Å²) in [5.74, 6) is 0.948. The number of nitrogens with zero attached hydrogens (tertiary/aromatic N) is 2. The maximum atomic E-state index is 12.7. The number of carbonyl (C=O) groups excluding carboxylic acids is 1. The predicted octanol–water partition coefficient (Wildman–Crippen LogP) is 2.34. The number of aryl methyl sites for hydroxylation is 2. The second kappa shape index (κ2) is 7.44. The average molecular weight is 381 g/mol. The second-order valence-electron chi connectivity index (χ2n) is 7.09. The molecule has 1 unspecified atom stereocenters. The highest BCUT2D eigenvalue weighted by molar-refractivity contribution is 7.89. The van der Waals surface area contributed by atoms with Gasteiger partial charge in [0, 0.05) is 37.4 Å². The lowest BCUT2D eigenvalue weighted by molar-refractivity contribution is 0.163. The van der Waals surface area contributed by atoms with E-state index < -0.39 is 10.0 Å². The number of piperidine rings is 1. The molecule has 1 aromatic rings. The number of benzene rings is 1. The number of likely N-dealkylation sites (tertiary alicyclic amines) is 1. The molecule has 0 radical (unpaired) electrons. The maximum absolute atomic E-state index is 12.7. The van der Waals surface area contributed by atoms with E-state index in [2.05, 4.69) is 5.32 Å². The Morgan fingerprint density at radius 3 is 2.62 bits per heavy atom. The Bertz CT molecular complexity index is 794. The molecule has 2 amide bonds. The summed E-state index contributed by atoms with van der Waals surface area (Å²) in [7, 11) is -1.55. The molecule has 0 spiro atoms. The van der Waals surface area contributed by atoms with Crippen LogP contribution in [0.5, 0.6) is 5.75 Å². The van der Waals surface area contributed by atoms with Gasteiger partial charge in [-0.2, -0.15) is 4.31 Å². The van der Waals surface area contributed by atoms with Gasteiger partial charge in [0.05, 0.1) is 12.9 Å². The van der Waals surface area contributed by atoms with Crippen molar-refractivity contribution in [2.45, 2.75) is 39.2 Å². The Labute approximate surface area is 155 Å². The monoisotopic (exact) mass is 381 g/mol. The van der Waals surface area contributed by atoms with E-state index in [-0.39, 0.29) is 17.8 Å². The maximum Gasteiger partial charge on any atom is 0.321 e. The van der Waals surface area contributed by atoms with Crippen LogP contribution >= 0.6 is 0 Å². The molecule has 2 aliphatic heterocycles. The summed E-state index contributed by atoms with van der Waals surface area (Å²) in [4.78, 5) is 14.4. The first-order valence-corrected chi connectivity index (χ1v) is 10.6. The summed E-state index contributed by atoms with van der Waals surface area (Å²) in [5, 5.41) is 2.95. The fourth-order valence-electron chi connectivity index (χ4n) is 3.82. The minimum absolute atomic E-state index is 0.115. The highest BCUT2D eigenvalue weighted by Gasteiger charge is 2.37. The van der Waals surface area contributed by atoms with E-state index in [0.29, 0.717) is 31.7 Å². The van der Waals surface area contributed by atoms with Crippen molar-refractivity contribution in [3.63, 3.8) is 0 Å². The summed E-state index contributed by atoms with van der Waals surface area (Å²) in [6.07, 6.45) is 2.29. The molecule has 0 saturated carbocycles. The van der Waals surface area contributed by atoms with Crippen molar-refractivity contribution in [3.8, 4) is 5.75 Å². The Balaban J connectivity index is 1.70. The van der Waals surface area contributed by atoms with Crippen molar-refractivity contribution >= 4 is 21.7 Å². The van der Waals surface area contributed by atoms with E-state index in [1.165, 1.54) is 0 Å². The lowest BCUT2D eigenvalue weighted by atomic mass is 10.1. The van der Waals surface area contributed by atoms with Gasteiger partial charge in [0.1, 0.15) is 5.75 Å². The summed E-state index contributed by atoms with van der Waals surface area (Å²) in [6.45, 7) is 5.54. The van der Waals surface area contributed by atoms with Crippen LogP contribution in [0.3, 0.4) is 0 Å². The number of urea groups is 1. The summed E-state index contributed by atoms with van der Waals surface area (Å²) in [5.41, 5.74) is 2.70. The molecule has 2 fully saturated rings. The Hall–Kier alpha value is -1.80. The number of carbonyl (C=O) groups is 1. The fourth-order valence-corrected chi connectivity index (χ4v) is 5.59. The van der Waals surface area contributed by atoms with Crippen LogP contribution in [0.1, 0.15) is 30.4 Å². The number of ether oxygens (including phenoxy) is 1. The number of sulfonamides is 1. The third kappa shape index (κ3) is 3.81. The zero-order valence-corrected chi connectivity index (χ0v) is 16.4. The molecule has 0 aromatic heterocycles. The second-order valence-corrected chi connectivity index (χ2v) is 9.13. The van der Waals surface area contributed by atoms with Crippen molar-refractivity contribution in [1.29, 1.82) is 0 Å². The quantitative estimate of drug-likeness (QED) is 0.872. The van der Waals surface area contributed by atoms with Gasteiger partial charge < -0.3 is 15.0 Å². The first-order chi connectivity index (χ1) is 12.3. The van der Waals surface area contributed by atoms with Crippen molar-refractivity contribution in [1.82, 2.24) is 9.21 Å². The fraction of sp³-hybridized carbons (Fsp3) is 0.611. The molecule has 2 aliphatic rings. The van der Waals surface area contributed by atoms with E-state index in [9.17, 15) is 13.2 Å². The molecule has 2 saturated heterocycles. The number of hydrogen-bond acceptors (Lipinski definition) is 4. The number of anilines is 1. The molecule has 3 rings (SSSR count). The molecular formula is C18H27N3O4S. The van der Waals surface area contributed by atoms with E-state index in [1.54, 1.807) is 16.3 Å². The molecule has 1 N–H and O–H groups in total. The summed E-state index contributed by atoms with van der Waals surface area (Å²) >= 11 is 0. The number of hydrogen-bond donors (Lipinski definition) is 1. The molecule has 0 bridgehead atoms. The lowest BCUT2D eigenvalue weighted by Gasteiger charge is -2.36. The third-order valence-corrected chi connectivity index (χ3v) is 7.21. The highest BCUT2D eigenvalue weighted by atomic mass is 32.2. The third-order valence-electron chi connectivity index (χ3n) is 5.21. The van der Waals surface area contributed by atoms with Crippen LogP contribution < -0.4 is 10.1 Å². The van der Waals surface area contributed by atoms with Gasteiger partial charge in [-0.15, -0.1) is 0 Å². The zero-order valence-electron chi connectivity index (χ0n) is 15.6. The zero-order chi connectivity index (χ0) is 18.9. The summed E-state index contributed by atoms with van der Waals surface area (Å²) < 4.78 is 31.3. The van der Waals surface area contributed by atoms with E-state index in [1.807, 2.05) is 26.0 Å². The van der Waals surface area contributed by atoms with Crippen LogP contribution in [0.4, 0.5) is 10.5 Å². The largest absolute Gasteiger partial charge is 0.496 e. The van der Waals surface area contributed by atoms with E-state index >= 15 is 0 Å². The Morgan fingerprint density at radius 1 is 1.19 bits per heavy atom. The van der Waals surface area contributed by atoms with Crippen LogP contribution in [-0.2, 0) is 10.0 Å². The van der Waals surface area contributed by atoms with Crippen LogP contribution in [0.25, 0.3) is 0 Å². The number of nitrogens with one attached hydrogen (secondary N) is 1. The molecule has 1 aromatic carbocycles. The SMILES string of the molecule is COc1cc(NC(=O)N2CCCC(N3CCCS3(=O)=O)C2)c(C)cc1C. The first-order valence-electron chi connectivity index (χ1n) is 9.02. The summed E-state index contributed by atoms with van der Waals surface area (Å²) in [6, 6.07) is 3.50. The van der Waals surface area contributed by atoms with Gasteiger partial charge in [-0.1, -0.05) is 6.07 Å². The predicted molar refractivity (Wildman–Crippen MR) is 101 cm³/mol. The molecule has 144 valence electrons. The standard InChI is InChI=1S/C18H27N3O4S/c1-13-10-14(2)17(25-3)11-16(13)19-18(22)20-7-4-6-15(12-20)21-8-5-9-26(21,23)24/h10-11,15H,4-9,12H2,1-3H3,(H,19,22). The topological polar surface area (TPSA) is 79.0 Å². The van der Waals surface area contributed by atoms with Crippen LogP contribution in [-0.4, -0.2) is 62.2 Å². The van der Waals surface area contributed by atoms with Crippen molar-refractivity contribution in [2.75, 3.05) is 37.8 Å². The Morgan fingerprint density at radius 2 is 1.96 bits per heavy atom. The first kappa shape index (κ1) is 19.0. The van der Waals surface area contributed by atoms with Gasteiger partial charge in [0.15, 0.2) is 0 Å². The molecule has 8 heteroatoms. The van der Waals surface area contributed by atoms with Gasteiger partial charge in [-0.25, -0.2) is 13.2 Å². The molecule has 2 heterocycles. The average Bonchev–Trinajstić information content (AvgIpc) is 2.96. The van der Waals surface area contributed by atoms with Crippen LogP contribution in [0, 0.1) is 13.8 Å². The molecule has 0 aliphatic carbocycles. The number of methoxy groups -OCH3 is 1. The van der Waals surface area contributed by atoms with Crippen LogP contribution in [0.15, 0.2) is 12.1 Å². The normalized spacial score (nSPS) is 23.0. The van der Waals surface area contributed by atoms with Gasteiger partial charge in [0.2, 0.25) is 10.0 Å². The highest BCUT2D eigenvalue weighted by Crippen LogP contribution is 2.28. The van der Waals surface area contributed by atoms with E-state index in [4.69, 9.17) is 4.74 Å². The molecule has 26 heavy (non-hydrogen) atoms. The molecule has 7 nitrogen and oxygen atoms in total. The van der Waals surface area contributed by atoms with Crippen molar-refractivity contribution in [3.05, 3.63) is 23.3 Å². The van der Waals surface area contributed by atoms with Gasteiger partial charge in [-0.3, -0.25) is 0 Å². The lowest BCUT2D eigenvalue weighted by Crippen LogP contribution is -2.51. The van der Waals surface area contributed by atoms with Crippen molar-refractivity contribution < 1.29 is 17.9 Å². The number of amides is 2. The molecule has 1 atom stereocenters. The van der Waals surface area contributed by atoms with Crippen LogP contribution in [0.2, 0.25) is 0 Å². The van der Waals surface area contributed by atoms with E-state index in [0.717, 1.165) is 29.7 Å².